The number of morpholine rings is 2. The molecule has 4 rings (SSSR count). The van der Waals surface area contributed by atoms with Gasteiger partial charge in [-0.1, -0.05) is 0 Å². The number of H-pyrrole nitrogens is 1. The van der Waals surface area contributed by atoms with Crippen LogP contribution in [0.15, 0.2) is 9.59 Å². The molecule has 26 heavy (non-hydrogen) atoms. The van der Waals surface area contributed by atoms with E-state index in [0.717, 1.165) is 51.9 Å². The van der Waals surface area contributed by atoms with E-state index < -0.39 is 5.69 Å². The van der Waals surface area contributed by atoms with Crippen molar-refractivity contribution in [2.24, 2.45) is 7.05 Å². The number of anilines is 1. The van der Waals surface area contributed by atoms with Crippen molar-refractivity contribution in [3.63, 3.8) is 0 Å². The van der Waals surface area contributed by atoms with Gasteiger partial charge in [-0.15, -0.1) is 0 Å². The summed E-state index contributed by atoms with van der Waals surface area (Å²) in [5.41, 5.74) is 0.0602. The van der Waals surface area contributed by atoms with E-state index in [9.17, 15) is 9.59 Å². The molecule has 0 radical (unpaired) electrons. The van der Waals surface area contributed by atoms with E-state index in [1.807, 2.05) is 4.57 Å². The zero-order valence-electron chi connectivity index (χ0n) is 15.0. The number of rotatable bonds is 4. The summed E-state index contributed by atoms with van der Waals surface area (Å²) in [7, 11) is 1.63. The Labute approximate surface area is 149 Å². The van der Waals surface area contributed by atoms with Gasteiger partial charge in [0.2, 0.25) is 5.95 Å². The van der Waals surface area contributed by atoms with E-state index in [1.54, 1.807) is 7.05 Å². The number of nitrogens with one attached hydrogen (secondary N) is 2. The number of ether oxygens (including phenoxy) is 2. The molecule has 142 valence electrons. The normalized spacial score (nSPS) is 19.3. The molecule has 2 aliphatic rings. The van der Waals surface area contributed by atoms with Gasteiger partial charge in [0, 0.05) is 20.1 Å². The number of hydrogen-bond acceptors (Lipinski definition) is 6. The van der Waals surface area contributed by atoms with Crippen LogP contribution in [-0.2, 0) is 23.1 Å². The molecule has 0 aliphatic carbocycles. The fourth-order valence-electron chi connectivity index (χ4n) is 3.62. The predicted molar refractivity (Wildman–Crippen MR) is 95.0 cm³/mol. The highest BCUT2D eigenvalue weighted by molar-refractivity contribution is 5.74. The summed E-state index contributed by atoms with van der Waals surface area (Å²) >= 11 is 0. The van der Waals surface area contributed by atoms with Gasteiger partial charge in [0.1, 0.15) is 13.1 Å². The lowest BCUT2D eigenvalue weighted by molar-refractivity contribution is -0.908. The van der Waals surface area contributed by atoms with Gasteiger partial charge in [0.25, 0.3) is 5.56 Å². The van der Waals surface area contributed by atoms with Gasteiger partial charge in [-0.3, -0.25) is 18.9 Å². The lowest BCUT2D eigenvalue weighted by Crippen LogP contribution is -3.14. The maximum Gasteiger partial charge on any atom is 0.329 e. The highest BCUT2D eigenvalue weighted by atomic mass is 16.5. The van der Waals surface area contributed by atoms with Crippen molar-refractivity contribution in [1.82, 2.24) is 19.1 Å². The second-order valence-electron chi connectivity index (χ2n) is 6.77. The third kappa shape index (κ3) is 3.15. The van der Waals surface area contributed by atoms with Crippen LogP contribution < -0.4 is 21.0 Å². The average Bonchev–Trinajstić information content (AvgIpc) is 3.06. The summed E-state index contributed by atoms with van der Waals surface area (Å²) in [6, 6.07) is 0. The Morgan fingerprint density at radius 3 is 2.54 bits per heavy atom. The van der Waals surface area contributed by atoms with Crippen LogP contribution in [0.3, 0.4) is 0 Å². The maximum atomic E-state index is 12.5. The molecule has 2 N–H and O–H groups in total. The molecule has 0 spiro atoms. The third-order valence-electron chi connectivity index (χ3n) is 5.17. The second kappa shape index (κ2) is 7.22. The molecular weight excluding hydrogens is 340 g/mol. The summed E-state index contributed by atoms with van der Waals surface area (Å²) in [4.78, 5) is 35.1. The first kappa shape index (κ1) is 17.3. The van der Waals surface area contributed by atoms with Crippen LogP contribution in [-0.4, -0.2) is 78.3 Å². The molecule has 10 heteroatoms. The average molecular weight is 365 g/mol. The Hall–Kier alpha value is -2.17. The first-order valence-corrected chi connectivity index (χ1v) is 9.08. The Balaban J connectivity index is 1.75. The molecule has 2 aromatic rings. The molecule has 2 fully saturated rings. The van der Waals surface area contributed by atoms with Gasteiger partial charge < -0.3 is 19.3 Å². The molecule has 0 saturated carbocycles. The Bertz CT molecular complexity index is 889. The minimum atomic E-state index is -0.445. The molecular formula is C16H25N6O4+. The largest absolute Gasteiger partial charge is 0.378 e. The maximum absolute atomic E-state index is 12.5. The summed E-state index contributed by atoms with van der Waals surface area (Å²) < 4.78 is 14.2. The molecule has 10 nitrogen and oxygen atoms in total. The van der Waals surface area contributed by atoms with Crippen LogP contribution >= 0.6 is 0 Å². The third-order valence-corrected chi connectivity index (χ3v) is 5.17. The smallest absolute Gasteiger partial charge is 0.329 e. The van der Waals surface area contributed by atoms with Crippen LogP contribution in [0.4, 0.5) is 5.95 Å². The lowest BCUT2D eigenvalue weighted by Gasteiger charge is -2.29. The summed E-state index contributed by atoms with van der Waals surface area (Å²) in [6.45, 7) is 7.73. The van der Waals surface area contributed by atoms with Gasteiger partial charge >= 0.3 is 5.69 Å². The first-order valence-electron chi connectivity index (χ1n) is 9.08. The number of aromatic amines is 1. The van der Waals surface area contributed by atoms with Crippen molar-refractivity contribution in [3.05, 3.63) is 20.8 Å². The Morgan fingerprint density at radius 1 is 1.12 bits per heavy atom. The van der Waals surface area contributed by atoms with Crippen molar-refractivity contribution in [2.75, 3.05) is 64.1 Å². The zero-order valence-corrected chi connectivity index (χ0v) is 15.0. The van der Waals surface area contributed by atoms with E-state index in [-0.39, 0.29) is 5.56 Å². The molecule has 2 saturated heterocycles. The second-order valence-corrected chi connectivity index (χ2v) is 6.77. The van der Waals surface area contributed by atoms with Gasteiger partial charge in [-0.25, -0.2) is 4.79 Å². The van der Waals surface area contributed by atoms with Crippen molar-refractivity contribution >= 4 is 17.1 Å². The molecule has 0 atom stereocenters. The molecule has 2 aromatic heterocycles. The van der Waals surface area contributed by atoms with Gasteiger partial charge in [-0.05, 0) is 0 Å². The topological polar surface area (TPSA) is 98.8 Å². The van der Waals surface area contributed by atoms with Crippen LogP contribution in [0.2, 0.25) is 0 Å². The number of quaternary nitrogens is 1. The predicted octanol–water partition coefficient (Wildman–Crippen LogP) is -2.82. The van der Waals surface area contributed by atoms with E-state index >= 15 is 0 Å². The number of aryl methyl sites for hydroxylation is 1. The van der Waals surface area contributed by atoms with Crippen molar-refractivity contribution in [1.29, 1.82) is 0 Å². The minimum Gasteiger partial charge on any atom is -0.378 e. The number of aromatic nitrogens is 4. The van der Waals surface area contributed by atoms with Gasteiger partial charge in [0.05, 0.1) is 39.5 Å². The van der Waals surface area contributed by atoms with Crippen LogP contribution in [0.1, 0.15) is 0 Å². The molecule has 2 aliphatic heterocycles. The molecule has 4 heterocycles. The van der Waals surface area contributed by atoms with Crippen LogP contribution in [0.25, 0.3) is 11.2 Å². The van der Waals surface area contributed by atoms with E-state index in [1.165, 1.54) is 9.47 Å². The van der Waals surface area contributed by atoms with Crippen LogP contribution in [0.5, 0.6) is 0 Å². The number of fused-ring (bicyclic) bond motifs is 1. The summed E-state index contributed by atoms with van der Waals surface area (Å²) in [5, 5.41) is 0. The molecule has 0 aromatic carbocycles. The Kier molecular flexibility index (Phi) is 4.79. The SMILES string of the molecule is Cn1c(=O)[nH]c(=O)c2c1nc(N1CCOCC1)n2CC[NH+]1CCOCC1. The fraction of sp³-hybridized carbons (Fsp3) is 0.688. The molecule has 0 bridgehead atoms. The quantitative estimate of drug-likeness (QED) is 0.606. The minimum absolute atomic E-state index is 0.382. The summed E-state index contributed by atoms with van der Waals surface area (Å²) in [5.74, 6) is 0.739. The molecule has 0 amide bonds. The summed E-state index contributed by atoms with van der Waals surface area (Å²) in [6.07, 6.45) is 0. The van der Waals surface area contributed by atoms with Crippen molar-refractivity contribution < 1.29 is 14.4 Å². The van der Waals surface area contributed by atoms with Crippen molar-refractivity contribution in [3.8, 4) is 0 Å². The monoisotopic (exact) mass is 365 g/mol. The number of hydrogen-bond donors (Lipinski definition) is 2. The first-order chi connectivity index (χ1) is 12.6. The number of nitrogens with zero attached hydrogens (tertiary/aromatic N) is 4. The van der Waals surface area contributed by atoms with Crippen LogP contribution in [0, 0.1) is 0 Å². The molecule has 0 unspecified atom stereocenters. The zero-order chi connectivity index (χ0) is 18.1. The lowest BCUT2D eigenvalue weighted by atomic mass is 10.4. The van der Waals surface area contributed by atoms with Crippen molar-refractivity contribution in [2.45, 2.75) is 6.54 Å². The van der Waals surface area contributed by atoms with Gasteiger partial charge in [-0.2, -0.15) is 4.98 Å². The van der Waals surface area contributed by atoms with E-state index in [2.05, 4.69) is 14.9 Å². The van der Waals surface area contributed by atoms with E-state index in [0.29, 0.717) is 30.9 Å². The van der Waals surface area contributed by atoms with Gasteiger partial charge in [0.15, 0.2) is 11.2 Å². The standard InChI is InChI=1S/C16H24N6O4/c1-19-13-12(14(23)18-16(19)24)22(3-2-20-4-8-25-9-5-20)15(17-13)21-6-10-26-11-7-21/h2-11H2,1H3,(H,18,23,24)/p+1. The fourth-order valence-corrected chi connectivity index (χ4v) is 3.62. The van der Waals surface area contributed by atoms with E-state index in [4.69, 9.17) is 9.47 Å². The number of imidazole rings is 1. The highest BCUT2D eigenvalue weighted by Gasteiger charge is 2.24. The highest BCUT2D eigenvalue weighted by Crippen LogP contribution is 2.20. The Morgan fingerprint density at radius 2 is 1.81 bits per heavy atom.